The lowest BCUT2D eigenvalue weighted by molar-refractivity contribution is 0.102. The van der Waals surface area contributed by atoms with Crippen molar-refractivity contribution in [2.75, 3.05) is 10.6 Å². The average molecular weight is 327 g/mol. The summed E-state index contributed by atoms with van der Waals surface area (Å²) >= 11 is 1.37. The fourth-order valence-electron chi connectivity index (χ4n) is 2.03. The highest BCUT2D eigenvalue weighted by Crippen LogP contribution is 2.15. The highest BCUT2D eigenvalue weighted by molar-refractivity contribution is 7.13. The van der Waals surface area contributed by atoms with Gasteiger partial charge in [0.25, 0.3) is 5.91 Å². The highest BCUT2D eigenvalue weighted by Gasteiger charge is 2.07. The molecule has 1 heterocycles. The Balaban J connectivity index is 1.61. The van der Waals surface area contributed by atoms with Gasteiger partial charge in [0, 0.05) is 34.9 Å². The van der Waals surface area contributed by atoms with Gasteiger partial charge in [-0.2, -0.15) is 0 Å². The fourth-order valence-corrected chi connectivity index (χ4v) is 2.56. The molecule has 0 saturated heterocycles. The van der Waals surface area contributed by atoms with Gasteiger partial charge in [-0.05, 0) is 30.3 Å². The molecule has 0 unspecified atom stereocenters. The molecule has 1 amide bonds. The molecule has 0 aliphatic heterocycles. The molecule has 0 fully saturated rings. The lowest BCUT2D eigenvalue weighted by Gasteiger charge is -2.08. The molecule has 3 aromatic rings. The molecule has 0 bridgehead atoms. The predicted octanol–water partition coefficient (Wildman–Crippen LogP) is 4.15. The standard InChI is InChI=1S/C17H14FN3OS/c18-15-4-2-1-3-13(15)11-20-14-7-5-12(6-8-14)16(22)21-17-19-9-10-23-17/h1-10,20H,11H2,(H,19,21,22). The first-order valence-corrected chi connectivity index (χ1v) is 7.88. The van der Waals surface area contributed by atoms with E-state index in [1.807, 2.05) is 0 Å². The van der Waals surface area contributed by atoms with Crippen LogP contribution in [0.4, 0.5) is 15.2 Å². The molecule has 0 aliphatic rings. The van der Waals surface area contributed by atoms with Gasteiger partial charge in [0.15, 0.2) is 5.13 Å². The van der Waals surface area contributed by atoms with Crippen molar-refractivity contribution >= 4 is 28.1 Å². The van der Waals surface area contributed by atoms with Crippen LogP contribution < -0.4 is 10.6 Å². The Hall–Kier alpha value is -2.73. The summed E-state index contributed by atoms with van der Waals surface area (Å²) < 4.78 is 13.5. The summed E-state index contributed by atoms with van der Waals surface area (Å²) in [5.41, 5.74) is 1.95. The Morgan fingerprint density at radius 3 is 2.61 bits per heavy atom. The van der Waals surface area contributed by atoms with Crippen molar-refractivity contribution in [2.24, 2.45) is 0 Å². The summed E-state index contributed by atoms with van der Waals surface area (Å²) in [6.45, 7) is 0.386. The maximum atomic E-state index is 13.5. The monoisotopic (exact) mass is 327 g/mol. The van der Waals surface area contributed by atoms with Gasteiger partial charge in [-0.3, -0.25) is 10.1 Å². The van der Waals surface area contributed by atoms with Gasteiger partial charge in [-0.25, -0.2) is 9.37 Å². The van der Waals surface area contributed by atoms with Crippen LogP contribution >= 0.6 is 11.3 Å². The molecule has 2 aromatic carbocycles. The quantitative estimate of drug-likeness (QED) is 0.740. The molecule has 1 aromatic heterocycles. The zero-order valence-electron chi connectivity index (χ0n) is 12.1. The van der Waals surface area contributed by atoms with Crippen LogP contribution in [0.1, 0.15) is 15.9 Å². The summed E-state index contributed by atoms with van der Waals surface area (Å²) in [7, 11) is 0. The molecule has 0 radical (unpaired) electrons. The summed E-state index contributed by atoms with van der Waals surface area (Å²) in [5.74, 6) is -0.444. The third-order valence-corrected chi connectivity index (χ3v) is 3.93. The minimum absolute atomic E-state index is 0.208. The first-order valence-electron chi connectivity index (χ1n) is 7.00. The summed E-state index contributed by atoms with van der Waals surface area (Å²) in [6, 6.07) is 13.6. The normalized spacial score (nSPS) is 10.3. The Morgan fingerprint density at radius 1 is 1.13 bits per heavy atom. The maximum Gasteiger partial charge on any atom is 0.257 e. The van der Waals surface area contributed by atoms with Gasteiger partial charge in [0.2, 0.25) is 0 Å². The number of carbonyl (C=O) groups excluding carboxylic acids is 1. The van der Waals surface area contributed by atoms with E-state index < -0.39 is 0 Å². The summed E-state index contributed by atoms with van der Waals surface area (Å²) in [6.07, 6.45) is 1.63. The molecule has 6 heteroatoms. The maximum absolute atomic E-state index is 13.5. The van der Waals surface area contributed by atoms with Gasteiger partial charge in [0.05, 0.1) is 0 Å². The number of rotatable bonds is 5. The number of benzene rings is 2. The van der Waals surface area contributed by atoms with E-state index in [-0.39, 0.29) is 11.7 Å². The second-order valence-electron chi connectivity index (χ2n) is 4.81. The van der Waals surface area contributed by atoms with Crippen molar-refractivity contribution < 1.29 is 9.18 Å². The molecule has 2 N–H and O–H groups in total. The number of halogens is 1. The van der Waals surface area contributed by atoms with E-state index >= 15 is 0 Å². The number of carbonyl (C=O) groups is 1. The van der Waals surface area contributed by atoms with Crippen molar-refractivity contribution in [1.82, 2.24) is 4.98 Å². The third kappa shape index (κ3) is 3.92. The predicted molar refractivity (Wildman–Crippen MR) is 90.2 cm³/mol. The molecule has 0 saturated carbocycles. The topological polar surface area (TPSA) is 54.0 Å². The minimum atomic E-state index is -0.237. The Bertz CT molecular complexity index is 788. The number of nitrogens with one attached hydrogen (secondary N) is 2. The molecule has 23 heavy (non-hydrogen) atoms. The number of amides is 1. The second kappa shape index (κ2) is 7.02. The van der Waals surface area contributed by atoms with Crippen molar-refractivity contribution in [3.8, 4) is 0 Å². The number of anilines is 2. The van der Waals surface area contributed by atoms with E-state index in [2.05, 4.69) is 15.6 Å². The molecular weight excluding hydrogens is 313 g/mol. The van der Waals surface area contributed by atoms with Crippen LogP contribution in [0.5, 0.6) is 0 Å². The lowest BCUT2D eigenvalue weighted by Crippen LogP contribution is -2.11. The number of thiazole rings is 1. The third-order valence-electron chi connectivity index (χ3n) is 3.24. The van der Waals surface area contributed by atoms with Gasteiger partial charge in [-0.1, -0.05) is 18.2 Å². The van der Waals surface area contributed by atoms with E-state index in [0.29, 0.717) is 22.8 Å². The van der Waals surface area contributed by atoms with Crippen molar-refractivity contribution in [2.45, 2.75) is 6.54 Å². The summed E-state index contributed by atoms with van der Waals surface area (Å²) in [4.78, 5) is 16.0. The van der Waals surface area contributed by atoms with Gasteiger partial charge in [-0.15, -0.1) is 11.3 Å². The van der Waals surface area contributed by atoms with Crippen LogP contribution in [0, 0.1) is 5.82 Å². The highest BCUT2D eigenvalue weighted by atomic mass is 32.1. The molecule has 0 spiro atoms. The molecule has 0 atom stereocenters. The molecule has 116 valence electrons. The van der Waals surface area contributed by atoms with Crippen LogP contribution in [-0.4, -0.2) is 10.9 Å². The number of hydrogen-bond acceptors (Lipinski definition) is 4. The molecule has 0 aliphatic carbocycles. The molecule has 3 rings (SSSR count). The van der Waals surface area contributed by atoms with Crippen LogP contribution in [0.3, 0.4) is 0 Å². The minimum Gasteiger partial charge on any atom is -0.381 e. The summed E-state index contributed by atoms with van der Waals surface area (Å²) in [5, 5.41) is 8.22. The van der Waals surface area contributed by atoms with E-state index in [9.17, 15) is 9.18 Å². The van der Waals surface area contributed by atoms with Crippen LogP contribution in [0.15, 0.2) is 60.1 Å². The largest absolute Gasteiger partial charge is 0.381 e. The number of aromatic nitrogens is 1. The lowest BCUT2D eigenvalue weighted by atomic mass is 10.1. The van der Waals surface area contributed by atoms with Gasteiger partial charge < -0.3 is 5.32 Å². The number of hydrogen-bond donors (Lipinski definition) is 2. The smallest absolute Gasteiger partial charge is 0.257 e. The van der Waals surface area contributed by atoms with E-state index in [0.717, 1.165) is 5.69 Å². The van der Waals surface area contributed by atoms with Gasteiger partial charge in [0.1, 0.15) is 5.82 Å². The van der Waals surface area contributed by atoms with Crippen molar-refractivity contribution in [1.29, 1.82) is 0 Å². The zero-order chi connectivity index (χ0) is 16.1. The molecule has 4 nitrogen and oxygen atoms in total. The van der Waals surface area contributed by atoms with Crippen LogP contribution in [0.2, 0.25) is 0 Å². The van der Waals surface area contributed by atoms with E-state index in [4.69, 9.17) is 0 Å². The van der Waals surface area contributed by atoms with Crippen molar-refractivity contribution in [3.63, 3.8) is 0 Å². The Kier molecular flexibility index (Phi) is 4.63. The van der Waals surface area contributed by atoms with E-state index in [1.165, 1.54) is 17.4 Å². The first-order chi connectivity index (χ1) is 11.2. The second-order valence-corrected chi connectivity index (χ2v) is 5.71. The molecular formula is C17H14FN3OS. The SMILES string of the molecule is O=C(Nc1nccs1)c1ccc(NCc2ccccc2F)cc1. The van der Waals surface area contributed by atoms with Gasteiger partial charge >= 0.3 is 0 Å². The fraction of sp³-hybridized carbons (Fsp3) is 0.0588. The Labute approximate surface area is 137 Å². The van der Waals surface area contributed by atoms with E-state index in [1.54, 1.807) is 54.0 Å². The van der Waals surface area contributed by atoms with Crippen LogP contribution in [0.25, 0.3) is 0 Å². The van der Waals surface area contributed by atoms with Crippen LogP contribution in [-0.2, 0) is 6.54 Å². The first kappa shape index (κ1) is 15.2. The average Bonchev–Trinajstić information content (AvgIpc) is 3.07. The zero-order valence-corrected chi connectivity index (χ0v) is 12.9. The number of nitrogens with zero attached hydrogens (tertiary/aromatic N) is 1. The van der Waals surface area contributed by atoms with Crippen molar-refractivity contribution in [3.05, 3.63) is 77.1 Å². The Morgan fingerprint density at radius 2 is 1.91 bits per heavy atom.